The summed E-state index contributed by atoms with van der Waals surface area (Å²) in [6, 6.07) is 4.29. The van der Waals surface area contributed by atoms with E-state index >= 15 is 0 Å². The lowest BCUT2D eigenvalue weighted by molar-refractivity contribution is -0.140. The number of ether oxygens (including phenoxy) is 2. The Kier molecular flexibility index (Phi) is 6.78. The van der Waals surface area contributed by atoms with Gasteiger partial charge in [-0.05, 0) is 46.1 Å². The number of nitrogens with zero attached hydrogens (tertiary/aromatic N) is 4. The fourth-order valence-corrected chi connectivity index (χ4v) is 3.76. The molecule has 0 aliphatic carbocycles. The minimum atomic E-state index is -0.860. The first-order chi connectivity index (χ1) is 15.2. The number of ketones is 1. The molecule has 1 aliphatic heterocycles. The van der Waals surface area contributed by atoms with E-state index in [0.717, 1.165) is 0 Å². The molecule has 1 fully saturated rings. The molecule has 9 nitrogen and oxygen atoms in total. The molecule has 1 aromatic heterocycles. The molecule has 1 saturated heterocycles. The zero-order valence-corrected chi connectivity index (χ0v) is 19.2. The molecule has 1 aliphatic rings. The Bertz CT molecular complexity index is 1080. The largest absolute Gasteiger partial charge is 0.507 e. The molecular formula is C23H28N4O5. The average Bonchev–Trinajstić information content (AvgIpc) is 3.01. The van der Waals surface area contributed by atoms with Crippen molar-refractivity contribution in [3.8, 4) is 11.5 Å². The smallest absolute Gasteiger partial charge is 0.295 e. The third kappa shape index (κ3) is 4.29. The molecule has 170 valence electrons. The molecule has 0 bridgehead atoms. The van der Waals surface area contributed by atoms with Crippen molar-refractivity contribution in [3.05, 3.63) is 52.6 Å². The molecule has 1 N–H and O–H groups in total. The van der Waals surface area contributed by atoms with Gasteiger partial charge in [0.05, 0.1) is 37.1 Å². The number of hydrogen-bond acceptors (Lipinski definition) is 8. The van der Waals surface area contributed by atoms with Crippen molar-refractivity contribution in [3.63, 3.8) is 0 Å². The van der Waals surface area contributed by atoms with Crippen LogP contribution in [-0.2, 0) is 9.59 Å². The Labute approximate surface area is 187 Å². The molecule has 2 aromatic rings. The van der Waals surface area contributed by atoms with Crippen LogP contribution in [0, 0.1) is 13.8 Å². The number of methoxy groups -OCH3 is 2. The van der Waals surface area contributed by atoms with Crippen LogP contribution in [0.4, 0.5) is 0 Å². The molecule has 2 heterocycles. The molecule has 1 atom stereocenters. The highest BCUT2D eigenvalue weighted by Crippen LogP contribution is 2.43. The van der Waals surface area contributed by atoms with Gasteiger partial charge in [-0.3, -0.25) is 9.59 Å². The fraction of sp³-hybridized carbons (Fsp3) is 0.391. The van der Waals surface area contributed by atoms with Crippen molar-refractivity contribution in [2.24, 2.45) is 0 Å². The minimum absolute atomic E-state index is 0.0316. The van der Waals surface area contributed by atoms with Crippen LogP contribution in [-0.4, -0.2) is 78.0 Å². The number of rotatable bonds is 7. The molecule has 0 radical (unpaired) electrons. The van der Waals surface area contributed by atoms with Crippen molar-refractivity contribution < 1.29 is 24.2 Å². The summed E-state index contributed by atoms with van der Waals surface area (Å²) in [7, 11) is 6.80. The number of aliphatic hydroxyl groups is 1. The lowest BCUT2D eigenvalue weighted by Crippen LogP contribution is -2.35. The van der Waals surface area contributed by atoms with Crippen LogP contribution in [0.5, 0.6) is 11.5 Å². The lowest BCUT2D eigenvalue weighted by atomic mass is 9.94. The normalized spacial score (nSPS) is 17.8. The van der Waals surface area contributed by atoms with Crippen LogP contribution >= 0.6 is 0 Å². The Hall–Kier alpha value is -3.46. The van der Waals surface area contributed by atoms with Gasteiger partial charge in [-0.2, -0.15) is 0 Å². The topological polar surface area (TPSA) is 105 Å². The van der Waals surface area contributed by atoms with E-state index in [1.54, 1.807) is 32.0 Å². The van der Waals surface area contributed by atoms with E-state index in [1.807, 2.05) is 19.0 Å². The first-order valence-electron chi connectivity index (χ1n) is 10.1. The Morgan fingerprint density at radius 1 is 1.19 bits per heavy atom. The molecule has 0 spiro atoms. The van der Waals surface area contributed by atoms with E-state index in [4.69, 9.17) is 9.47 Å². The van der Waals surface area contributed by atoms with E-state index in [-0.39, 0.29) is 17.9 Å². The monoisotopic (exact) mass is 440 g/mol. The van der Waals surface area contributed by atoms with Gasteiger partial charge in [0.15, 0.2) is 0 Å². The number of benzene rings is 1. The van der Waals surface area contributed by atoms with Gasteiger partial charge in [0.2, 0.25) is 0 Å². The molecule has 32 heavy (non-hydrogen) atoms. The standard InChI is InChI=1S/C23H28N4O5/c1-13-17(12-24-14(2)25-13)21(28)19-20(16-11-15(31-5)7-8-18(16)32-6)27(10-9-26(3)4)23(30)22(19)29/h7-8,11-12,20,28H,9-10H2,1-6H3/b21-19+/t20-/m1/s1. The highest BCUT2D eigenvalue weighted by molar-refractivity contribution is 6.46. The van der Waals surface area contributed by atoms with E-state index in [2.05, 4.69) is 9.97 Å². The third-order valence-corrected chi connectivity index (χ3v) is 5.41. The van der Waals surface area contributed by atoms with Gasteiger partial charge < -0.3 is 24.4 Å². The molecule has 1 aromatic carbocycles. The average molecular weight is 441 g/mol. The number of aryl methyl sites for hydroxylation is 2. The minimum Gasteiger partial charge on any atom is -0.507 e. The number of amides is 1. The van der Waals surface area contributed by atoms with Crippen LogP contribution < -0.4 is 9.47 Å². The van der Waals surface area contributed by atoms with Gasteiger partial charge in [0, 0.05) is 24.8 Å². The first-order valence-corrected chi connectivity index (χ1v) is 10.1. The van der Waals surface area contributed by atoms with Gasteiger partial charge in [0.25, 0.3) is 11.7 Å². The predicted molar refractivity (Wildman–Crippen MR) is 119 cm³/mol. The Morgan fingerprint density at radius 2 is 1.91 bits per heavy atom. The summed E-state index contributed by atoms with van der Waals surface area (Å²) in [5, 5.41) is 11.2. The summed E-state index contributed by atoms with van der Waals surface area (Å²) >= 11 is 0. The second-order valence-corrected chi connectivity index (χ2v) is 7.82. The second-order valence-electron chi connectivity index (χ2n) is 7.82. The quantitative estimate of drug-likeness (QED) is 0.396. The van der Waals surface area contributed by atoms with Gasteiger partial charge >= 0.3 is 0 Å². The van der Waals surface area contributed by atoms with E-state index < -0.39 is 17.7 Å². The Balaban J connectivity index is 2.27. The van der Waals surface area contributed by atoms with E-state index in [9.17, 15) is 14.7 Å². The number of aliphatic hydroxyl groups excluding tert-OH is 1. The number of Topliss-reactive ketones (excluding diaryl/α,β-unsaturated/α-hetero) is 1. The van der Waals surface area contributed by atoms with Crippen molar-refractivity contribution in [1.82, 2.24) is 19.8 Å². The Morgan fingerprint density at radius 3 is 2.50 bits per heavy atom. The summed E-state index contributed by atoms with van der Waals surface area (Å²) < 4.78 is 10.9. The molecule has 3 rings (SSSR count). The van der Waals surface area contributed by atoms with E-state index in [1.165, 1.54) is 25.3 Å². The fourth-order valence-electron chi connectivity index (χ4n) is 3.76. The maximum atomic E-state index is 13.2. The van der Waals surface area contributed by atoms with Gasteiger partial charge in [-0.1, -0.05) is 0 Å². The van der Waals surface area contributed by atoms with Crippen LogP contribution in [0.1, 0.15) is 28.7 Å². The number of carbonyl (C=O) groups excluding carboxylic acids is 2. The summed E-state index contributed by atoms with van der Waals surface area (Å²) in [6.45, 7) is 4.26. The number of hydrogen-bond donors (Lipinski definition) is 1. The zero-order chi connectivity index (χ0) is 23.6. The second kappa shape index (κ2) is 9.35. The van der Waals surface area contributed by atoms with Crippen molar-refractivity contribution in [2.45, 2.75) is 19.9 Å². The number of likely N-dealkylation sites (N-methyl/N-ethyl adjacent to an activating group) is 1. The number of carbonyl (C=O) groups is 2. The molecule has 9 heteroatoms. The maximum absolute atomic E-state index is 13.2. The first kappa shape index (κ1) is 23.2. The highest BCUT2D eigenvalue weighted by atomic mass is 16.5. The van der Waals surface area contributed by atoms with Crippen molar-refractivity contribution >= 4 is 17.4 Å². The van der Waals surface area contributed by atoms with Gasteiger partial charge in [-0.15, -0.1) is 0 Å². The summed E-state index contributed by atoms with van der Waals surface area (Å²) in [5.74, 6) is -0.228. The van der Waals surface area contributed by atoms with Crippen molar-refractivity contribution in [1.29, 1.82) is 0 Å². The molecule has 0 saturated carbocycles. The SMILES string of the molecule is COc1ccc(OC)c([C@@H]2/C(=C(\O)c3cnc(C)nc3C)C(=O)C(=O)N2CCN(C)C)c1. The highest BCUT2D eigenvalue weighted by Gasteiger charge is 2.47. The zero-order valence-electron chi connectivity index (χ0n) is 19.2. The van der Waals surface area contributed by atoms with Crippen LogP contribution in [0.2, 0.25) is 0 Å². The molecular weight excluding hydrogens is 412 g/mol. The third-order valence-electron chi connectivity index (χ3n) is 5.41. The lowest BCUT2D eigenvalue weighted by Gasteiger charge is -2.28. The van der Waals surface area contributed by atoms with Crippen LogP contribution in [0.15, 0.2) is 30.0 Å². The summed E-state index contributed by atoms with van der Waals surface area (Å²) in [4.78, 5) is 38.0. The summed E-state index contributed by atoms with van der Waals surface area (Å²) in [5.41, 5.74) is 1.31. The van der Waals surface area contributed by atoms with Crippen LogP contribution in [0.25, 0.3) is 5.76 Å². The van der Waals surface area contributed by atoms with E-state index in [0.29, 0.717) is 40.7 Å². The maximum Gasteiger partial charge on any atom is 0.295 e. The molecule has 1 amide bonds. The van der Waals surface area contributed by atoms with Crippen LogP contribution in [0.3, 0.4) is 0 Å². The summed E-state index contributed by atoms with van der Waals surface area (Å²) in [6.07, 6.45) is 1.46. The predicted octanol–water partition coefficient (Wildman–Crippen LogP) is 2.09. The molecule has 0 unspecified atom stereocenters. The van der Waals surface area contributed by atoms with Crippen molar-refractivity contribution in [2.75, 3.05) is 41.4 Å². The van der Waals surface area contributed by atoms with Gasteiger partial charge in [0.1, 0.15) is 23.1 Å². The number of likely N-dealkylation sites (tertiary alicyclic amines) is 1. The van der Waals surface area contributed by atoms with Gasteiger partial charge in [-0.25, -0.2) is 9.97 Å². The number of aromatic nitrogens is 2.